The van der Waals surface area contributed by atoms with Gasteiger partial charge >= 0.3 is 0 Å². The summed E-state index contributed by atoms with van der Waals surface area (Å²) in [5, 5.41) is 3.15. The fourth-order valence-corrected chi connectivity index (χ4v) is 1.88. The van der Waals surface area contributed by atoms with E-state index in [1.165, 1.54) is 12.1 Å². The van der Waals surface area contributed by atoms with E-state index in [0.29, 0.717) is 11.3 Å². The van der Waals surface area contributed by atoms with Crippen molar-refractivity contribution in [3.63, 3.8) is 0 Å². The van der Waals surface area contributed by atoms with Crippen molar-refractivity contribution in [3.8, 4) is 5.75 Å². The Hall–Kier alpha value is -1.94. The van der Waals surface area contributed by atoms with E-state index in [9.17, 15) is 8.78 Å². The largest absolute Gasteiger partial charge is 0.489 e. The number of hydrogen-bond acceptors (Lipinski definition) is 2. The van der Waals surface area contributed by atoms with Crippen molar-refractivity contribution in [2.24, 2.45) is 0 Å². The second-order valence-electron chi connectivity index (χ2n) is 4.65. The molecule has 0 saturated heterocycles. The molecule has 0 aliphatic carbocycles. The van der Waals surface area contributed by atoms with Gasteiger partial charge in [0.05, 0.1) is 0 Å². The first-order chi connectivity index (χ1) is 9.58. The molecule has 0 heterocycles. The number of nitrogens with one attached hydrogen (secondary N) is 1. The predicted octanol–water partition coefficient (Wildman–Crippen LogP) is 3.82. The lowest BCUT2D eigenvalue weighted by molar-refractivity contribution is 0.304. The van der Waals surface area contributed by atoms with Crippen LogP contribution in [0, 0.1) is 11.6 Å². The van der Waals surface area contributed by atoms with E-state index in [2.05, 4.69) is 12.2 Å². The van der Waals surface area contributed by atoms with Crippen molar-refractivity contribution in [1.29, 1.82) is 0 Å². The van der Waals surface area contributed by atoms with Crippen LogP contribution in [0.2, 0.25) is 0 Å². The Morgan fingerprint density at radius 3 is 2.20 bits per heavy atom. The molecule has 0 saturated carbocycles. The normalized spacial score (nSPS) is 12.2. The molecule has 2 nitrogen and oxygen atoms in total. The molecule has 2 aromatic carbocycles. The van der Waals surface area contributed by atoms with Crippen LogP contribution in [0.1, 0.15) is 24.1 Å². The monoisotopic (exact) mass is 277 g/mol. The minimum Gasteiger partial charge on any atom is -0.489 e. The Morgan fingerprint density at radius 1 is 1.05 bits per heavy atom. The first kappa shape index (κ1) is 14.5. The van der Waals surface area contributed by atoms with Crippen LogP contribution in [0.3, 0.4) is 0 Å². The maximum absolute atomic E-state index is 13.0. The average molecular weight is 277 g/mol. The van der Waals surface area contributed by atoms with Crippen molar-refractivity contribution in [1.82, 2.24) is 5.32 Å². The highest BCUT2D eigenvalue weighted by molar-refractivity contribution is 5.29. The van der Waals surface area contributed by atoms with Crippen LogP contribution < -0.4 is 10.1 Å². The first-order valence-electron chi connectivity index (χ1n) is 6.43. The van der Waals surface area contributed by atoms with Crippen molar-refractivity contribution in [2.45, 2.75) is 19.6 Å². The summed E-state index contributed by atoms with van der Waals surface area (Å²) in [7, 11) is 1.90. The Labute approximate surface area is 117 Å². The number of hydrogen-bond donors (Lipinski definition) is 1. The van der Waals surface area contributed by atoms with E-state index in [0.717, 1.165) is 11.6 Å². The van der Waals surface area contributed by atoms with Gasteiger partial charge in [0.25, 0.3) is 0 Å². The molecule has 1 N–H and O–H groups in total. The van der Waals surface area contributed by atoms with Gasteiger partial charge in [0, 0.05) is 12.1 Å². The van der Waals surface area contributed by atoms with Gasteiger partial charge in [0.15, 0.2) is 0 Å². The summed E-state index contributed by atoms with van der Waals surface area (Å²) >= 11 is 0. The van der Waals surface area contributed by atoms with Crippen molar-refractivity contribution in [3.05, 3.63) is 65.2 Å². The molecule has 2 aromatic rings. The molecule has 1 atom stereocenters. The Balaban J connectivity index is 2.00. The third-order valence-electron chi connectivity index (χ3n) is 3.14. The predicted molar refractivity (Wildman–Crippen MR) is 74.6 cm³/mol. The van der Waals surface area contributed by atoms with Crippen LogP contribution in [0.25, 0.3) is 0 Å². The Morgan fingerprint density at radius 2 is 1.65 bits per heavy atom. The molecule has 0 bridgehead atoms. The molecule has 4 heteroatoms. The van der Waals surface area contributed by atoms with E-state index in [1.54, 1.807) is 0 Å². The van der Waals surface area contributed by atoms with Gasteiger partial charge in [-0.15, -0.1) is 0 Å². The van der Waals surface area contributed by atoms with Gasteiger partial charge in [0.1, 0.15) is 24.0 Å². The second kappa shape index (κ2) is 6.48. The van der Waals surface area contributed by atoms with Crippen LogP contribution >= 0.6 is 0 Å². The zero-order valence-corrected chi connectivity index (χ0v) is 11.5. The summed E-state index contributed by atoms with van der Waals surface area (Å²) < 4.78 is 31.6. The lowest BCUT2D eigenvalue weighted by Gasteiger charge is -2.12. The molecule has 0 aliphatic heterocycles. The van der Waals surface area contributed by atoms with Crippen LogP contribution in [0.4, 0.5) is 8.78 Å². The molecule has 0 fully saturated rings. The summed E-state index contributed by atoms with van der Waals surface area (Å²) in [6.45, 7) is 2.20. The van der Waals surface area contributed by atoms with E-state index >= 15 is 0 Å². The number of ether oxygens (including phenoxy) is 1. The average Bonchev–Trinajstić information content (AvgIpc) is 2.44. The molecule has 0 amide bonds. The topological polar surface area (TPSA) is 21.3 Å². The zero-order chi connectivity index (χ0) is 14.5. The van der Waals surface area contributed by atoms with Gasteiger partial charge in [-0.3, -0.25) is 0 Å². The molecule has 20 heavy (non-hydrogen) atoms. The molecule has 0 aromatic heterocycles. The third-order valence-corrected chi connectivity index (χ3v) is 3.14. The van der Waals surface area contributed by atoms with Gasteiger partial charge < -0.3 is 10.1 Å². The summed E-state index contributed by atoms with van der Waals surface area (Å²) in [5.41, 5.74) is 1.62. The van der Waals surface area contributed by atoms with Crippen molar-refractivity contribution < 1.29 is 13.5 Å². The lowest BCUT2D eigenvalue weighted by Crippen LogP contribution is -2.11. The number of halogens is 2. The second-order valence-corrected chi connectivity index (χ2v) is 4.65. The first-order valence-corrected chi connectivity index (χ1v) is 6.43. The standard InChI is InChI=1S/C16H17F2NO/c1-11(19-2)13-3-5-16(6-4-13)20-10-12-7-14(17)9-15(18)8-12/h3-9,11,19H,10H2,1-2H3. The molecular formula is C16H17F2NO. The molecule has 0 radical (unpaired) electrons. The Bertz CT molecular complexity index is 549. The summed E-state index contributed by atoms with van der Waals surface area (Å²) in [4.78, 5) is 0. The van der Waals surface area contributed by atoms with Gasteiger partial charge in [0.2, 0.25) is 0 Å². The summed E-state index contributed by atoms with van der Waals surface area (Å²) in [6.07, 6.45) is 0. The molecular weight excluding hydrogens is 260 g/mol. The van der Waals surface area contributed by atoms with Crippen LogP contribution in [0.5, 0.6) is 5.75 Å². The fourth-order valence-electron chi connectivity index (χ4n) is 1.88. The molecule has 106 valence electrons. The van der Waals surface area contributed by atoms with Crippen molar-refractivity contribution in [2.75, 3.05) is 7.05 Å². The summed E-state index contributed by atoms with van der Waals surface area (Å²) in [5.74, 6) is -0.523. The lowest BCUT2D eigenvalue weighted by atomic mass is 10.1. The maximum atomic E-state index is 13.0. The van der Waals surface area contributed by atoms with Gasteiger partial charge in [-0.05, 0) is 49.4 Å². The molecule has 1 unspecified atom stereocenters. The fraction of sp³-hybridized carbons (Fsp3) is 0.250. The SMILES string of the molecule is CNC(C)c1ccc(OCc2cc(F)cc(F)c2)cc1. The highest BCUT2D eigenvalue weighted by atomic mass is 19.1. The molecule has 0 spiro atoms. The van der Waals surface area contributed by atoms with Crippen LogP contribution in [-0.2, 0) is 6.61 Å². The van der Waals surface area contributed by atoms with E-state index < -0.39 is 11.6 Å². The van der Waals surface area contributed by atoms with E-state index in [-0.39, 0.29) is 12.6 Å². The highest BCUT2D eigenvalue weighted by Crippen LogP contribution is 2.18. The maximum Gasteiger partial charge on any atom is 0.126 e. The highest BCUT2D eigenvalue weighted by Gasteiger charge is 2.04. The van der Waals surface area contributed by atoms with Gasteiger partial charge in [-0.2, -0.15) is 0 Å². The Kier molecular flexibility index (Phi) is 4.69. The smallest absolute Gasteiger partial charge is 0.126 e. The molecule has 0 aliphatic rings. The third kappa shape index (κ3) is 3.78. The number of benzene rings is 2. The van der Waals surface area contributed by atoms with E-state index in [4.69, 9.17) is 4.74 Å². The quantitative estimate of drug-likeness (QED) is 0.897. The minimum atomic E-state index is -0.596. The summed E-state index contributed by atoms with van der Waals surface area (Å²) in [6, 6.07) is 11.3. The number of rotatable bonds is 5. The van der Waals surface area contributed by atoms with Gasteiger partial charge in [-0.25, -0.2) is 8.78 Å². The van der Waals surface area contributed by atoms with Crippen LogP contribution in [-0.4, -0.2) is 7.05 Å². The van der Waals surface area contributed by atoms with Crippen LogP contribution in [0.15, 0.2) is 42.5 Å². The zero-order valence-electron chi connectivity index (χ0n) is 11.5. The van der Waals surface area contributed by atoms with Crippen molar-refractivity contribution >= 4 is 0 Å². The molecule has 2 rings (SSSR count). The van der Waals surface area contributed by atoms with E-state index in [1.807, 2.05) is 31.3 Å². The minimum absolute atomic E-state index is 0.135. The van der Waals surface area contributed by atoms with Gasteiger partial charge in [-0.1, -0.05) is 12.1 Å².